The van der Waals surface area contributed by atoms with Gasteiger partial charge in [-0.3, -0.25) is 10.1 Å². The van der Waals surface area contributed by atoms with E-state index in [2.05, 4.69) is 15.0 Å². The molecule has 0 bridgehead atoms. The van der Waals surface area contributed by atoms with Crippen molar-refractivity contribution in [3.05, 3.63) is 64.6 Å². The first-order valence-corrected chi connectivity index (χ1v) is 10.5. The average Bonchev–Trinajstić information content (AvgIpc) is 3.27. The molecule has 0 aliphatic heterocycles. The number of rotatable bonds is 6. The van der Waals surface area contributed by atoms with Crippen LogP contribution in [-0.4, -0.2) is 32.4 Å². The number of furan rings is 1. The Morgan fingerprint density at radius 3 is 2.61 bits per heavy atom. The van der Waals surface area contributed by atoms with Crippen molar-refractivity contribution in [3.63, 3.8) is 0 Å². The molecule has 2 aromatic heterocycles. The number of thiazole rings is 1. The third kappa shape index (κ3) is 4.12. The van der Waals surface area contributed by atoms with E-state index >= 15 is 0 Å². The van der Waals surface area contributed by atoms with Crippen molar-refractivity contribution >= 4 is 38.2 Å². The van der Waals surface area contributed by atoms with Gasteiger partial charge in [0, 0.05) is 5.56 Å². The molecule has 0 radical (unpaired) electrons. The molecule has 0 saturated carbocycles. The van der Waals surface area contributed by atoms with Crippen molar-refractivity contribution in [1.29, 1.82) is 0 Å². The van der Waals surface area contributed by atoms with Gasteiger partial charge in [0.15, 0.2) is 20.7 Å². The molecule has 0 unspecified atom stereocenters. The summed E-state index contributed by atoms with van der Waals surface area (Å²) >= 11 is 0.956. The van der Waals surface area contributed by atoms with Gasteiger partial charge >= 0.3 is 5.97 Å². The number of anilines is 1. The molecular formula is C18H16N2O6S2. The number of esters is 1. The van der Waals surface area contributed by atoms with Gasteiger partial charge in [-0.1, -0.05) is 29.5 Å². The number of aromatic nitrogens is 1. The molecule has 1 aromatic carbocycles. The number of benzene rings is 1. The molecule has 28 heavy (non-hydrogen) atoms. The van der Waals surface area contributed by atoms with Gasteiger partial charge < -0.3 is 9.15 Å². The first-order chi connectivity index (χ1) is 13.3. The van der Waals surface area contributed by atoms with Gasteiger partial charge in [-0.05, 0) is 25.1 Å². The average molecular weight is 420 g/mol. The topological polar surface area (TPSA) is 116 Å². The Balaban J connectivity index is 1.80. The van der Waals surface area contributed by atoms with E-state index < -0.39 is 21.7 Å². The third-order valence-corrected chi connectivity index (χ3v) is 6.52. The largest absolute Gasteiger partial charge is 0.465 e. The Bertz CT molecular complexity index is 1120. The van der Waals surface area contributed by atoms with E-state index in [1.54, 1.807) is 25.1 Å². The Hall–Kier alpha value is -2.98. The van der Waals surface area contributed by atoms with Crippen molar-refractivity contribution in [2.24, 2.45) is 0 Å². The molecule has 0 saturated heterocycles. The number of amides is 1. The Kier molecular flexibility index (Phi) is 5.61. The lowest BCUT2D eigenvalue weighted by Gasteiger charge is -2.05. The highest BCUT2D eigenvalue weighted by molar-refractivity contribution is 7.90. The van der Waals surface area contributed by atoms with E-state index in [9.17, 15) is 18.0 Å². The lowest BCUT2D eigenvalue weighted by atomic mass is 10.3. The van der Waals surface area contributed by atoms with Crippen LogP contribution < -0.4 is 5.32 Å². The Labute approximate surface area is 165 Å². The monoisotopic (exact) mass is 420 g/mol. The number of sulfone groups is 1. The lowest BCUT2D eigenvalue weighted by Crippen LogP contribution is -2.14. The zero-order chi connectivity index (χ0) is 20.3. The molecule has 1 N–H and O–H groups in total. The minimum atomic E-state index is -3.64. The second-order valence-corrected chi connectivity index (χ2v) is 8.72. The molecule has 1 amide bonds. The Morgan fingerprint density at radius 1 is 1.21 bits per heavy atom. The van der Waals surface area contributed by atoms with Gasteiger partial charge in [-0.15, -0.1) is 0 Å². The van der Waals surface area contributed by atoms with Crippen LogP contribution in [-0.2, 0) is 20.3 Å². The normalized spacial score (nSPS) is 11.2. The summed E-state index contributed by atoms with van der Waals surface area (Å²) < 4.78 is 35.0. The van der Waals surface area contributed by atoms with Crippen LogP contribution in [0.25, 0.3) is 0 Å². The number of methoxy groups -OCH3 is 1. The number of nitrogens with zero attached hydrogens (tertiary/aromatic N) is 1. The molecule has 0 spiro atoms. The second kappa shape index (κ2) is 7.95. The maximum Gasteiger partial charge on any atom is 0.350 e. The fourth-order valence-electron chi connectivity index (χ4n) is 2.45. The van der Waals surface area contributed by atoms with Gasteiger partial charge in [0.2, 0.25) is 0 Å². The number of aryl methyl sites for hydroxylation is 1. The number of carbonyl (C=O) groups is 2. The summed E-state index contributed by atoms with van der Waals surface area (Å²) in [7, 11) is -2.39. The molecule has 3 aromatic rings. The minimum Gasteiger partial charge on any atom is -0.465 e. The highest BCUT2D eigenvalue weighted by atomic mass is 32.2. The molecule has 2 heterocycles. The summed E-state index contributed by atoms with van der Waals surface area (Å²) in [5.74, 6) is -1.73. The van der Waals surface area contributed by atoms with E-state index in [1.165, 1.54) is 31.6 Å². The minimum absolute atomic E-state index is 0.132. The van der Waals surface area contributed by atoms with Crippen molar-refractivity contribution < 1.29 is 27.2 Å². The van der Waals surface area contributed by atoms with Crippen molar-refractivity contribution in [2.45, 2.75) is 17.6 Å². The quantitative estimate of drug-likeness (QED) is 0.609. The van der Waals surface area contributed by atoms with Gasteiger partial charge in [-0.25, -0.2) is 18.2 Å². The number of carbonyl (C=O) groups excluding carboxylic acids is 2. The first-order valence-electron chi connectivity index (χ1n) is 8.03. The summed E-state index contributed by atoms with van der Waals surface area (Å²) in [5.41, 5.74) is 0.640. The highest BCUT2D eigenvalue weighted by Crippen LogP contribution is 2.25. The number of ether oxygens (including phenoxy) is 1. The molecule has 146 valence electrons. The third-order valence-electron chi connectivity index (χ3n) is 3.79. The number of hydrogen-bond acceptors (Lipinski definition) is 8. The first kappa shape index (κ1) is 19.8. The van der Waals surface area contributed by atoms with E-state index in [4.69, 9.17) is 4.42 Å². The molecule has 3 rings (SSSR count). The fourth-order valence-corrected chi connectivity index (χ4v) is 4.71. The summed E-state index contributed by atoms with van der Waals surface area (Å²) in [4.78, 5) is 28.7. The highest BCUT2D eigenvalue weighted by Gasteiger charge is 2.24. The molecule has 10 heteroatoms. The number of hydrogen-bond donors (Lipinski definition) is 1. The second-order valence-electron chi connectivity index (χ2n) is 5.73. The maximum absolute atomic E-state index is 12.6. The van der Waals surface area contributed by atoms with Crippen molar-refractivity contribution in [1.82, 2.24) is 4.98 Å². The standard InChI is InChI=1S/C18H16N2O6S2/c1-11-15(17(22)25-2)27-18(19-11)20-16(21)14-12(8-9-26-14)10-28(23,24)13-6-4-3-5-7-13/h3-9H,10H2,1-2H3,(H,19,20,21). The zero-order valence-corrected chi connectivity index (χ0v) is 16.6. The maximum atomic E-state index is 12.6. The lowest BCUT2D eigenvalue weighted by molar-refractivity contribution is 0.0605. The van der Waals surface area contributed by atoms with Gasteiger partial charge in [0.1, 0.15) is 4.88 Å². The molecule has 8 nitrogen and oxygen atoms in total. The van der Waals surface area contributed by atoms with E-state index in [1.807, 2.05) is 0 Å². The summed E-state index contributed by atoms with van der Waals surface area (Å²) in [6.45, 7) is 1.61. The van der Waals surface area contributed by atoms with Crippen molar-refractivity contribution in [2.75, 3.05) is 12.4 Å². The summed E-state index contributed by atoms with van der Waals surface area (Å²) in [6.07, 6.45) is 1.25. The predicted octanol–water partition coefficient (Wildman–Crippen LogP) is 3.06. The van der Waals surface area contributed by atoms with Crippen LogP contribution in [0.4, 0.5) is 5.13 Å². The van der Waals surface area contributed by atoms with Crippen LogP contribution in [0.15, 0.2) is 52.0 Å². The van der Waals surface area contributed by atoms with E-state index in [0.29, 0.717) is 5.69 Å². The summed E-state index contributed by atoms with van der Waals surface area (Å²) in [6, 6.07) is 9.37. The van der Waals surface area contributed by atoms with Crippen LogP contribution in [0, 0.1) is 6.92 Å². The van der Waals surface area contributed by atoms with E-state index in [0.717, 1.165) is 11.3 Å². The van der Waals surface area contributed by atoms with Crippen LogP contribution in [0.5, 0.6) is 0 Å². The molecule has 0 atom stereocenters. The Morgan fingerprint density at radius 2 is 1.93 bits per heavy atom. The predicted molar refractivity (Wildman–Crippen MR) is 102 cm³/mol. The molecule has 0 fully saturated rings. The zero-order valence-electron chi connectivity index (χ0n) is 15.0. The van der Waals surface area contributed by atoms with Gasteiger partial charge in [0.25, 0.3) is 5.91 Å². The van der Waals surface area contributed by atoms with Crippen molar-refractivity contribution in [3.8, 4) is 0 Å². The van der Waals surface area contributed by atoms with Gasteiger partial charge in [0.05, 0.1) is 29.7 Å². The van der Waals surface area contributed by atoms with Crippen LogP contribution in [0.2, 0.25) is 0 Å². The van der Waals surface area contributed by atoms with E-state index in [-0.39, 0.29) is 32.0 Å². The number of nitrogens with one attached hydrogen (secondary N) is 1. The van der Waals surface area contributed by atoms with Crippen LogP contribution in [0.3, 0.4) is 0 Å². The SMILES string of the molecule is COC(=O)c1sc(NC(=O)c2occc2CS(=O)(=O)c2ccccc2)nc1C. The molecule has 0 aliphatic rings. The summed E-state index contributed by atoms with van der Waals surface area (Å²) in [5, 5.41) is 2.70. The fraction of sp³-hybridized carbons (Fsp3) is 0.167. The molecule has 0 aliphatic carbocycles. The van der Waals surface area contributed by atoms with Crippen LogP contribution in [0.1, 0.15) is 31.5 Å². The smallest absolute Gasteiger partial charge is 0.350 e. The van der Waals surface area contributed by atoms with Gasteiger partial charge in [-0.2, -0.15) is 0 Å². The van der Waals surface area contributed by atoms with Crippen LogP contribution >= 0.6 is 11.3 Å². The molecular weight excluding hydrogens is 404 g/mol.